The van der Waals surface area contributed by atoms with Crippen LogP contribution in [0.1, 0.15) is 15.9 Å². The Hall–Kier alpha value is -3.45. The summed E-state index contributed by atoms with van der Waals surface area (Å²) in [5.41, 5.74) is 4.05. The molecule has 4 rings (SSSR count). The zero-order chi connectivity index (χ0) is 21.1. The topological polar surface area (TPSA) is 67.2 Å². The standard InChI is InChI=1S/C23H17BrFN3O2/c24-18-4-2-6-20(12-18)26-13-17-14-28(21-9-7-15(8-10-21)23(29)30)27-22(17)16-3-1-5-19(25)11-16/h1-12,14,26H,13H2,(H,29,30). The maximum atomic E-state index is 13.8. The third-order valence-corrected chi connectivity index (χ3v) is 5.07. The van der Waals surface area contributed by atoms with E-state index in [0.717, 1.165) is 15.7 Å². The number of hydrogen-bond donors (Lipinski definition) is 2. The summed E-state index contributed by atoms with van der Waals surface area (Å²) in [5.74, 6) is -1.32. The van der Waals surface area contributed by atoms with Gasteiger partial charge in [0, 0.05) is 34.0 Å². The van der Waals surface area contributed by atoms with Gasteiger partial charge in [0.15, 0.2) is 0 Å². The second-order valence-corrected chi connectivity index (χ2v) is 7.59. The summed E-state index contributed by atoms with van der Waals surface area (Å²) >= 11 is 3.46. The molecule has 0 aliphatic heterocycles. The van der Waals surface area contributed by atoms with Gasteiger partial charge in [-0.2, -0.15) is 5.10 Å². The van der Waals surface area contributed by atoms with E-state index in [1.165, 1.54) is 24.3 Å². The number of carbonyl (C=O) groups is 1. The molecule has 0 unspecified atom stereocenters. The van der Waals surface area contributed by atoms with E-state index in [1.807, 2.05) is 36.5 Å². The zero-order valence-electron chi connectivity index (χ0n) is 15.7. The van der Waals surface area contributed by atoms with Gasteiger partial charge in [-0.3, -0.25) is 0 Å². The van der Waals surface area contributed by atoms with Gasteiger partial charge in [-0.1, -0.05) is 34.1 Å². The van der Waals surface area contributed by atoms with Crippen molar-refractivity contribution in [1.82, 2.24) is 9.78 Å². The normalized spacial score (nSPS) is 10.7. The number of rotatable bonds is 6. The SMILES string of the molecule is O=C(O)c1ccc(-n2cc(CNc3cccc(Br)c3)c(-c3cccc(F)c3)n2)cc1. The number of aromatic carboxylic acids is 1. The summed E-state index contributed by atoms with van der Waals surface area (Å²) < 4.78 is 16.5. The molecule has 0 aliphatic rings. The van der Waals surface area contributed by atoms with E-state index in [4.69, 9.17) is 5.11 Å². The van der Waals surface area contributed by atoms with Gasteiger partial charge in [0.1, 0.15) is 5.82 Å². The predicted molar refractivity (Wildman–Crippen MR) is 117 cm³/mol. The quantitative estimate of drug-likeness (QED) is 0.380. The van der Waals surface area contributed by atoms with E-state index in [0.29, 0.717) is 23.5 Å². The first-order chi connectivity index (χ1) is 14.5. The molecule has 0 spiro atoms. The Morgan fingerprint density at radius 2 is 1.83 bits per heavy atom. The fourth-order valence-electron chi connectivity index (χ4n) is 3.10. The van der Waals surface area contributed by atoms with Gasteiger partial charge in [-0.25, -0.2) is 13.9 Å². The van der Waals surface area contributed by atoms with Crippen molar-refractivity contribution in [1.29, 1.82) is 0 Å². The Bertz CT molecular complexity index is 1210. The van der Waals surface area contributed by atoms with E-state index in [2.05, 4.69) is 26.3 Å². The maximum absolute atomic E-state index is 13.8. The lowest BCUT2D eigenvalue weighted by atomic mass is 10.1. The number of nitrogens with one attached hydrogen (secondary N) is 1. The first kappa shape index (κ1) is 19.8. The molecular weight excluding hydrogens is 449 g/mol. The van der Waals surface area contributed by atoms with Gasteiger partial charge in [-0.15, -0.1) is 0 Å². The number of nitrogens with zero attached hydrogens (tertiary/aromatic N) is 2. The average Bonchev–Trinajstić information content (AvgIpc) is 3.17. The highest BCUT2D eigenvalue weighted by molar-refractivity contribution is 9.10. The molecule has 0 saturated heterocycles. The highest BCUT2D eigenvalue weighted by atomic mass is 79.9. The number of halogens is 2. The zero-order valence-corrected chi connectivity index (χ0v) is 17.3. The molecule has 0 atom stereocenters. The first-order valence-corrected chi connectivity index (χ1v) is 9.96. The Balaban J connectivity index is 1.70. The van der Waals surface area contributed by atoms with E-state index in [1.54, 1.807) is 22.9 Å². The molecule has 7 heteroatoms. The molecule has 2 N–H and O–H groups in total. The van der Waals surface area contributed by atoms with Crippen molar-refractivity contribution < 1.29 is 14.3 Å². The van der Waals surface area contributed by atoms with Crippen LogP contribution in [0.3, 0.4) is 0 Å². The minimum Gasteiger partial charge on any atom is -0.478 e. The summed E-state index contributed by atoms with van der Waals surface area (Å²) in [6.07, 6.45) is 1.86. The van der Waals surface area contributed by atoms with Crippen LogP contribution in [0.15, 0.2) is 83.5 Å². The average molecular weight is 466 g/mol. The highest BCUT2D eigenvalue weighted by Gasteiger charge is 2.14. The van der Waals surface area contributed by atoms with Gasteiger partial charge in [0.05, 0.1) is 16.9 Å². The fraction of sp³-hybridized carbons (Fsp3) is 0.0435. The van der Waals surface area contributed by atoms with Crippen molar-refractivity contribution in [2.75, 3.05) is 5.32 Å². The molecule has 0 radical (unpaired) electrons. The lowest BCUT2D eigenvalue weighted by Gasteiger charge is -2.07. The molecule has 0 fully saturated rings. The minimum absolute atomic E-state index is 0.202. The summed E-state index contributed by atoms with van der Waals surface area (Å²) in [5, 5.41) is 17.1. The van der Waals surface area contributed by atoms with Crippen LogP contribution in [0.2, 0.25) is 0 Å². The second kappa shape index (κ2) is 8.51. The van der Waals surface area contributed by atoms with Gasteiger partial charge < -0.3 is 10.4 Å². The van der Waals surface area contributed by atoms with Crippen LogP contribution >= 0.6 is 15.9 Å². The van der Waals surface area contributed by atoms with Crippen LogP contribution in [0.5, 0.6) is 0 Å². The van der Waals surface area contributed by atoms with E-state index >= 15 is 0 Å². The number of hydrogen-bond acceptors (Lipinski definition) is 3. The molecule has 0 aliphatic carbocycles. The van der Waals surface area contributed by atoms with Crippen LogP contribution in [0, 0.1) is 5.82 Å². The molecule has 1 aromatic heterocycles. The minimum atomic E-state index is -0.985. The summed E-state index contributed by atoms with van der Waals surface area (Å²) in [6, 6.07) is 20.6. The third kappa shape index (κ3) is 4.41. The first-order valence-electron chi connectivity index (χ1n) is 9.17. The molecule has 30 heavy (non-hydrogen) atoms. The van der Waals surface area contributed by atoms with Crippen molar-refractivity contribution in [3.8, 4) is 16.9 Å². The summed E-state index contributed by atoms with van der Waals surface area (Å²) in [6.45, 7) is 0.482. The van der Waals surface area contributed by atoms with Crippen molar-refractivity contribution in [3.05, 3.63) is 100 Å². The van der Waals surface area contributed by atoms with Crippen LogP contribution < -0.4 is 5.32 Å². The van der Waals surface area contributed by atoms with Crippen LogP contribution in [-0.4, -0.2) is 20.9 Å². The molecule has 0 bridgehead atoms. The van der Waals surface area contributed by atoms with Crippen LogP contribution in [0.25, 0.3) is 16.9 Å². The lowest BCUT2D eigenvalue weighted by Crippen LogP contribution is -2.00. The maximum Gasteiger partial charge on any atom is 0.335 e. The Morgan fingerprint density at radius 3 is 2.53 bits per heavy atom. The van der Waals surface area contributed by atoms with Crippen LogP contribution in [-0.2, 0) is 6.54 Å². The van der Waals surface area contributed by atoms with E-state index in [-0.39, 0.29) is 11.4 Å². The number of benzene rings is 3. The van der Waals surface area contributed by atoms with Gasteiger partial charge in [0.25, 0.3) is 0 Å². The van der Waals surface area contributed by atoms with Crippen molar-refractivity contribution in [2.45, 2.75) is 6.54 Å². The molecule has 5 nitrogen and oxygen atoms in total. The Kier molecular flexibility index (Phi) is 5.63. The monoisotopic (exact) mass is 465 g/mol. The van der Waals surface area contributed by atoms with Gasteiger partial charge in [-0.05, 0) is 54.6 Å². The smallest absolute Gasteiger partial charge is 0.335 e. The molecule has 4 aromatic rings. The number of aromatic nitrogens is 2. The Labute approximate surface area is 180 Å². The fourth-order valence-corrected chi connectivity index (χ4v) is 3.50. The molecular formula is C23H17BrFN3O2. The summed E-state index contributed by atoms with van der Waals surface area (Å²) in [7, 11) is 0. The number of anilines is 1. The number of carboxylic acid groups (broad SMARTS) is 1. The molecule has 0 saturated carbocycles. The van der Waals surface area contributed by atoms with Gasteiger partial charge >= 0.3 is 5.97 Å². The van der Waals surface area contributed by atoms with Crippen LogP contribution in [0.4, 0.5) is 10.1 Å². The number of carboxylic acids is 1. The molecule has 1 heterocycles. The third-order valence-electron chi connectivity index (χ3n) is 4.57. The highest BCUT2D eigenvalue weighted by Crippen LogP contribution is 2.26. The molecule has 3 aromatic carbocycles. The summed E-state index contributed by atoms with van der Waals surface area (Å²) in [4.78, 5) is 11.1. The lowest BCUT2D eigenvalue weighted by molar-refractivity contribution is 0.0697. The van der Waals surface area contributed by atoms with Crippen molar-refractivity contribution in [3.63, 3.8) is 0 Å². The van der Waals surface area contributed by atoms with E-state index in [9.17, 15) is 9.18 Å². The molecule has 150 valence electrons. The van der Waals surface area contributed by atoms with Crippen molar-refractivity contribution in [2.24, 2.45) is 0 Å². The molecule has 0 amide bonds. The van der Waals surface area contributed by atoms with E-state index < -0.39 is 5.97 Å². The largest absolute Gasteiger partial charge is 0.478 e. The van der Waals surface area contributed by atoms with Crippen molar-refractivity contribution >= 4 is 27.6 Å². The Morgan fingerprint density at radius 1 is 1.07 bits per heavy atom. The second-order valence-electron chi connectivity index (χ2n) is 6.67. The predicted octanol–water partition coefficient (Wildman–Crippen LogP) is 5.75. The van der Waals surface area contributed by atoms with Gasteiger partial charge in [0.2, 0.25) is 0 Å².